The molecule has 2 bridgehead atoms. The fraction of sp³-hybridized carbons (Fsp3) is 0.826. The Labute approximate surface area is 168 Å². The van der Waals surface area contributed by atoms with Crippen LogP contribution >= 0.6 is 0 Å². The van der Waals surface area contributed by atoms with Crippen LogP contribution in [0.5, 0.6) is 0 Å². The topological polar surface area (TPSA) is 83.8 Å². The van der Waals surface area contributed by atoms with Crippen molar-refractivity contribution in [2.24, 2.45) is 34.0 Å². The SMILES string of the molecule is C=C[C@@]1(C)C[C@@H](OCC(=O)CO)[C@@]2(C)C3C(=O)CCC3(CC[C@H]2C)C(C)C1O. The number of rotatable bonds is 5. The van der Waals surface area contributed by atoms with Gasteiger partial charge in [-0.2, -0.15) is 0 Å². The van der Waals surface area contributed by atoms with Crippen molar-refractivity contribution >= 4 is 11.6 Å². The zero-order valence-corrected chi connectivity index (χ0v) is 17.7. The van der Waals surface area contributed by atoms with Gasteiger partial charge in [-0.15, -0.1) is 6.58 Å². The normalized spacial score (nSPS) is 48.5. The minimum absolute atomic E-state index is 0.0150. The third kappa shape index (κ3) is 2.93. The van der Waals surface area contributed by atoms with Crippen LogP contribution in [0.4, 0.5) is 0 Å². The molecule has 0 saturated heterocycles. The Morgan fingerprint density at radius 2 is 2.00 bits per heavy atom. The van der Waals surface area contributed by atoms with E-state index < -0.39 is 23.5 Å². The van der Waals surface area contributed by atoms with Crippen LogP contribution in [-0.2, 0) is 14.3 Å². The lowest BCUT2D eigenvalue weighted by molar-refractivity contribution is -0.203. The maximum absolute atomic E-state index is 13.2. The highest BCUT2D eigenvalue weighted by Gasteiger charge is 2.67. The van der Waals surface area contributed by atoms with Crippen molar-refractivity contribution in [2.45, 2.75) is 72.0 Å². The molecule has 158 valence electrons. The minimum Gasteiger partial charge on any atom is -0.392 e. The van der Waals surface area contributed by atoms with E-state index >= 15 is 0 Å². The second-order valence-electron chi connectivity index (χ2n) is 10.1. The molecule has 0 aliphatic heterocycles. The number of ether oxygens (including phenoxy) is 1. The summed E-state index contributed by atoms with van der Waals surface area (Å²) >= 11 is 0. The van der Waals surface area contributed by atoms with Crippen LogP contribution in [0.2, 0.25) is 0 Å². The Bertz CT molecular complexity index is 659. The molecule has 0 aromatic rings. The second-order valence-corrected chi connectivity index (χ2v) is 10.1. The van der Waals surface area contributed by atoms with Gasteiger partial charge in [0.2, 0.25) is 0 Å². The van der Waals surface area contributed by atoms with Gasteiger partial charge in [0.15, 0.2) is 5.78 Å². The third-order valence-electron chi connectivity index (χ3n) is 8.92. The molecule has 0 heterocycles. The summed E-state index contributed by atoms with van der Waals surface area (Å²) in [5, 5.41) is 20.5. The molecule has 5 nitrogen and oxygen atoms in total. The first-order chi connectivity index (χ1) is 13.1. The van der Waals surface area contributed by atoms with Crippen LogP contribution in [0, 0.1) is 34.0 Å². The summed E-state index contributed by atoms with van der Waals surface area (Å²) < 4.78 is 6.14. The second kappa shape index (κ2) is 7.33. The fourth-order valence-electron chi connectivity index (χ4n) is 6.81. The van der Waals surface area contributed by atoms with E-state index in [9.17, 15) is 14.7 Å². The standard InChI is InChI=1S/C23H36O5/c1-6-21(4)11-18(28-13-16(25)12-24)22(5)14(2)7-9-23(15(3)20(21)27)10-8-17(26)19(22)23/h6,14-15,18-20,24,27H,1,7-13H2,2-5H3/t14-,15?,18-,19?,20?,21+,22+,23?/m1/s1. The lowest BCUT2D eigenvalue weighted by Gasteiger charge is -2.62. The molecule has 3 rings (SSSR count). The molecule has 8 atom stereocenters. The summed E-state index contributed by atoms with van der Waals surface area (Å²) in [5.74, 6) is -0.0149. The van der Waals surface area contributed by atoms with Gasteiger partial charge in [0, 0.05) is 23.2 Å². The van der Waals surface area contributed by atoms with E-state index in [2.05, 4.69) is 27.4 Å². The smallest absolute Gasteiger partial charge is 0.183 e. The van der Waals surface area contributed by atoms with Gasteiger partial charge in [-0.3, -0.25) is 9.59 Å². The maximum atomic E-state index is 13.2. The monoisotopic (exact) mass is 392 g/mol. The lowest BCUT2D eigenvalue weighted by atomic mass is 9.44. The van der Waals surface area contributed by atoms with Crippen LogP contribution in [0.25, 0.3) is 0 Å². The van der Waals surface area contributed by atoms with Crippen LogP contribution in [0.15, 0.2) is 12.7 Å². The molecule has 3 saturated carbocycles. The fourth-order valence-corrected chi connectivity index (χ4v) is 6.81. The Kier molecular flexibility index (Phi) is 5.67. The van der Waals surface area contributed by atoms with Gasteiger partial charge >= 0.3 is 0 Å². The van der Waals surface area contributed by atoms with Crippen molar-refractivity contribution in [3.05, 3.63) is 12.7 Å². The van der Waals surface area contributed by atoms with E-state index in [1.165, 1.54) is 0 Å². The van der Waals surface area contributed by atoms with Crippen molar-refractivity contribution in [1.82, 2.24) is 0 Å². The largest absolute Gasteiger partial charge is 0.392 e. The van der Waals surface area contributed by atoms with E-state index in [1.54, 1.807) is 0 Å². The molecule has 5 heteroatoms. The van der Waals surface area contributed by atoms with E-state index in [1.807, 2.05) is 13.0 Å². The highest BCUT2D eigenvalue weighted by atomic mass is 16.5. The quantitative estimate of drug-likeness (QED) is 0.703. The summed E-state index contributed by atoms with van der Waals surface area (Å²) in [6, 6.07) is 0. The van der Waals surface area contributed by atoms with Gasteiger partial charge in [0.05, 0.1) is 12.2 Å². The van der Waals surface area contributed by atoms with E-state index in [0.717, 1.165) is 19.3 Å². The van der Waals surface area contributed by atoms with Crippen LogP contribution in [0.1, 0.15) is 59.8 Å². The number of hydrogen-bond acceptors (Lipinski definition) is 5. The van der Waals surface area contributed by atoms with Crippen molar-refractivity contribution in [3.63, 3.8) is 0 Å². The molecule has 3 aliphatic rings. The van der Waals surface area contributed by atoms with Crippen molar-refractivity contribution in [2.75, 3.05) is 13.2 Å². The molecular formula is C23H36O5. The lowest BCUT2D eigenvalue weighted by Crippen LogP contribution is -2.63. The zero-order valence-electron chi connectivity index (χ0n) is 17.7. The van der Waals surface area contributed by atoms with Gasteiger partial charge < -0.3 is 14.9 Å². The van der Waals surface area contributed by atoms with Crippen molar-refractivity contribution in [1.29, 1.82) is 0 Å². The summed E-state index contributed by atoms with van der Waals surface area (Å²) in [6.45, 7) is 11.7. The molecule has 4 unspecified atom stereocenters. The number of ketones is 2. The first kappa shape index (κ1) is 21.7. The third-order valence-corrected chi connectivity index (χ3v) is 8.92. The van der Waals surface area contributed by atoms with Crippen LogP contribution < -0.4 is 0 Å². The van der Waals surface area contributed by atoms with Crippen LogP contribution in [0.3, 0.4) is 0 Å². The van der Waals surface area contributed by atoms with Gasteiger partial charge in [0.25, 0.3) is 0 Å². The minimum atomic E-state index is -0.629. The molecule has 2 N–H and O–H groups in total. The van der Waals surface area contributed by atoms with Gasteiger partial charge in [-0.25, -0.2) is 0 Å². The van der Waals surface area contributed by atoms with E-state index in [4.69, 9.17) is 9.84 Å². The van der Waals surface area contributed by atoms with Gasteiger partial charge in [-0.05, 0) is 42.9 Å². The summed E-state index contributed by atoms with van der Waals surface area (Å²) in [7, 11) is 0. The van der Waals surface area contributed by atoms with E-state index in [0.29, 0.717) is 12.8 Å². The van der Waals surface area contributed by atoms with Crippen molar-refractivity contribution in [3.8, 4) is 0 Å². The number of aliphatic hydroxyl groups is 2. The molecule has 0 aromatic carbocycles. The molecule has 0 radical (unpaired) electrons. The first-order valence-corrected chi connectivity index (χ1v) is 10.7. The predicted octanol–water partition coefficient (Wildman–Crippen LogP) is 2.93. The van der Waals surface area contributed by atoms with Crippen LogP contribution in [-0.4, -0.2) is 47.2 Å². The van der Waals surface area contributed by atoms with Gasteiger partial charge in [0.1, 0.15) is 19.0 Å². The Balaban J connectivity index is 2.14. The molecule has 0 spiro atoms. The Morgan fingerprint density at radius 3 is 2.61 bits per heavy atom. The molecule has 3 aliphatic carbocycles. The average Bonchev–Trinajstić information content (AvgIpc) is 3.04. The zero-order chi connectivity index (χ0) is 20.9. The number of aliphatic hydroxyl groups excluding tert-OH is 2. The summed E-state index contributed by atoms with van der Waals surface area (Å²) in [6.07, 6.45) is 4.61. The predicted molar refractivity (Wildman–Crippen MR) is 107 cm³/mol. The van der Waals surface area contributed by atoms with E-state index in [-0.39, 0.29) is 47.4 Å². The maximum Gasteiger partial charge on any atom is 0.183 e. The van der Waals surface area contributed by atoms with Crippen molar-refractivity contribution < 1.29 is 24.5 Å². The summed E-state index contributed by atoms with van der Waals surface area (Å²) in [5.41, 5.74) is -1.22. The average molecular weight is 393 g/mol. The number of carbonyl (C=O) groups excluding carboxylic acids is 2. The molecule has 0 aromatic heterocycles. The number of hydrogen-bond donors (Lipinski definition) is 2. The highest BCUT2D eigenvalue weighted by molar-refractivity contribution is 5.85. The molecular weight excluding hydrogens is 356 g/mol. The molecule has 0 amide bonds. The molecule has 3 fully saturated rings. The van der Waals surface area contributed by atoms with Gasteiger partial charge in [-0.1, -0.05) is 33.8 Å². The summed E-state index contributed by atoms with van der Waals surface area (Å²) in [4.78, 5) is 25.0. The number of carbonyl (C=O) groups is 2. The number of Topliss-reactive ketones (excluding diaryl/α,β-unsaturated/α-hetero) is 2. The molecule has 28 heavy (non-hydrogen) atoms. The Morgan fingerprint density at radius 1 is 1.32 bits per heavy atom. The highest BCUT2D eigenvalue weighted by Crippen LogP contribution is 2.67. The Hall–Kier alpha value is -1.04. The first-order valence-electron chi connectivity index (χ1n) is 10.7.